The number of nitrogens with zero attached hydrogens (tertiary/aromatic N) is 1. The van der Waals surface area contributed by atoms with Crippen molar-refractivity contribution in [3.05, 3.63) is 65.7 Å². The number of hydrogen-bond acceptors (Lipinski definition) is 4. The lowest BCUT2D eigenvalue weighted by Gasteiger charge is -2.22. The molecule has 0 bridgehead atoms. The smallest absolute Gasteiger partial charge is 0.240 e. The van der Waals surface area contributed by atoms with Crippen molar-refractivity contribution in [2.45, 2.75) is 24.2 Å². The van der Waals surface area contributed by atoms with Gasteiger partial charge in [0.1, 0.15) is 0 Å². The fourth-order valence-electron chi connectivity index (χ4n) is 2.79. The number of amides is 1. The first-order valence-corrected chi connectivity index (χ1v) is 10.5. The van der Waals surface area contributed by atoms with E-state index in [1.165, 1.54) is 12.6 Å². The van der Waals surface area contributed by atoms with Crippen molar-refractivity contribution in [1.82, 2.24) is 9.62 Å². The predicted molar refractivity (Wildman–Crippen MR) is 107 cm³/mol. The summed E-state index contributed by atoms with van der Waals surface area (Å²) in [5, 5.41) is 0. The molecule has 3 N–H and O–H groups in total. The van der Waals surface area contributed by atoms with Crippen LogP contribution in [0.25, 0.3) is 0 Å². The standard InChI is InChI=1S/C20H27N3O3S/c1-22-27(25,26)19-10-7-18(8-11-19)9-12-20(24)23(16-14-21)15-13-17-5-3-2-4-6-17/h2-8,10-11,22H,9,12-16,21H2,1H3. The Morgan fingerprint density at radius 2 is 1.59 bits per heavy atom. The molecular formula is C20H27N3O3S. The van der Waals surface area contributed by atoms with Crippen molar-refractivity contribution in [1.29, 1.82) is 0 Å². The van der Waals surface area contributed by atoms with E-state index in [0.717, 1.165) is 12.0 Å². The molecule has 0 heterocycles. The summed E-state index contributed by atoms with van der Waals surface area (Å²) in [5.41, 5.74) is 7.77. The minimum absolute atomic E-state index is 0.0586. The molecule has 0 saturated carbocycles. The number of sulfonamides is 1. The van der Waals surface area contributed by atoms with Crippen LogP contribution in [0.4, 0.5) is 0 Å². The molecule has 27 heavy (non-hydrogen) atoms. The summed E-state index contributed by atoms with van der Waals surface area (Å²) in [6.45, 7) is 1.60. The van der Waals surface area contributed by atoms with E-state index in [-0.39, 0.29) is 10.8 Å². The highest BCUT2D eigenvalue weighted by atomic mass is 32.2. The Kier molecular flexibility index (Phi) is 7.97. The van der Waals surface area contributed by atoms with Crippen LogP contribution in [0, 0.1) is 0 Å². The van der Waals surface area contributed by atoms with Gasteiger partial charge in [0.15, 0.2) is 0 Å². The second-order valence-electron chi connectivity index (χ2n) is 6.26. The molecular weight excluding hydrogens is 362 g/mol. The maximum absolute atomic E-state index is 12.6. The van der Waals surface area contributed by atoms with E-state index in [4.69, 9.17) is 5.73 Å². The topological polar surface area (TPSA) is 92.5 Å². The molecule has 0 fully saturated rings. The minimum Gasteiger partial charge on any atom is -0.341 e. The molecule has 2 aromatic carbocycles. The summed E-state index contributed by atoms with van der Waals surface area (Å²) in [6.07, 6.45) is 1.72. The van der Waals surface area contributed by atoms with Gasteiger partial charge >= 0.3 is 0 Å². The largest absolute Gasteiger partial charge is 0.341 e. The maximum atomic E-state index is 12.6. The number of nitrogens with two attached hydrogens (primary N) is 1. The van der Waals surface area contributed by atoms with E-state index in [1.807, 2.05) is 30.3 Å². The molecule has 0 spiro atoms. The highest BCUT2D eigenvalue weighted by molar-refractivity contribution is 7.89. The zero-order valence-electron chi connectivity index (χ0n) is 15.6. The zero-order chi connectivity index (χ0) is 19.7. The lowest BCUT2D eigenvalue weighted by Crippen LogP contribution is -2.37. The number of carbonyl (C=O) groups excluding carboxylic acids is 1. The van der Waals surface area contributed by atoms with Crippen LogP contribution in [-0.2, 0) is 27.7 Å². The SMILES string of the molecule is CNS(=O)(=O)c1ccc(CCC(=O)N(CCN)CCc2ccccc2)cc1. The summed E-state index contributed by atoms with van der Waals surface area (Å²) < 4.78 is 25.8. The van der Waals surface area contributed by atoms with E-state index in [9.17, 15) is 13.2 Å². The Balaban J connectivity index is 1.91. The monoisotopic (exact) mass is 389 g/mol. The van der Waals surface area contributed by atoms with Gasteiger partial charge in [0, 0.05) is 26.1 Å². The molecule has 0 saturated heterocycles. The number of aryl methyl sites for hydroxylation is 1. The third-order valence-corrected chi connectivity index (χ3v) is 5.83. The van der Waals surface area contributed by atoms with Gasteiger partial charge in [-0.3, -0.25) is 4.79 Å². The van der Waals surface area contributed by atoms with Gasteiger partial charge in [-0.05, 0) is 43.1 Å². The van der Waals surface area contributed by atoms with Gasteiger partial charge in [-0.15, -0.1) is 0 Å². The van der Waals surface area contributed by atoms with Crippen molar-refractivity contribution < 1.29 is 13.2 Å². The number of benzene rings is 2. The number of hydrogen-bond donors (Lipinski definition) is 2. The molecule has 146 valence electrons. The highest BCUT2D eigenvalue weighted by Crippen LogP contribution is 2.12. The zero-order valence-corrected chi connectivity index (χ0v) is 16.4. The van der Waals surface area contributed by atoms with E-state index in [2.05, 4.69) is 4.72 Å². The molecule has 0 aliphatic heterocycles. The minimum atomic E-state index is -3.44. The molecule has 2 aromatic rings. The van der Waals surface area contributed by atoms with Crippen LogP contribution in [0.15, 0.2) is 59.5 Å². The fraction of sp³-hybridized carbons (Fsp3) is 0.350. The summed E-state index contributed by atoms with van der Waals surface area (Å²) in [7, 11) is -2.06. The molecule has 1 amide bonds. The Hall–Kier alpha value is -2.22. The normalized spacial score (nSPS) is 11.3. The first-order chi connectivity index (χ1) is 13.0. The van der Waals surface area contributed by atoms with Crippen LogP contribution >= 0.6 is 0 Å². The second kappa shape index (κ2) is 10.2. The molecule has 0 aromatic heterocycles. The van der Waals surface area contributed by atoms with Crippen molar-refractivity contribution in [3.63, 3.8) is 0 Å². The van der Waals surface area contributed by atoms with Crippen LogP contribution in [0.2, 0.25) is 0 Å². The fourth-order valence-corrected chi connectivity index (χ4v) is 3.52. The van der Waals surface area contributed by atoms with Crippen LogP contribution in [0.3, 0.4) is 0 Å². The summed E-state index contributed by atoms with van der Waals surface area (Å²) in [5.74, 6) is 0.0586. The lowest BCUT2D eigenvalue weighted by molar-refractivity contribution is -0.131. The van der Waals surface area contributed by atoms with E-state index < -0.39 is 10.0 Å². The van der Waals surface area contributed by atoms with Crippen molar-refractivity contribution in [2.75, 3.05) is 26.7 Å². The molecule has 0 unspecified atom stereocenters. The highest BCUT2D eigenvalue weighted by Gasteiger charge is 2.14. The van der Waals surface area contributed by atoms with Gasteiger partial charge in [0.05, 0.1) is 4.90 Å². The first-order valence-electron chi connectivity index (χ1n) is 9.00. The summed E-state index contributed by atoms with van der Waals surface area (Å²) >= 11 is 0. The third-order valence-electron chi connectivity index (χ3n) is 4.39. The molecule has 0 aliphatic carbocycles. The van der Waals surface area contributed by atoms with Gasteiger partial charge in [0.2, 0.25) is 15.9 Å². The first kappa shape index (κ1) is 21.1. The molecule has 7 heteroatoms. The van der Waals surface area contributed by atoms with Gasteiger partial charge in [-0.2, -0.15) is 0 Å². The Morgan fingerprint density at radius 1 is 0.963 bits per heavy atom. The number of rotatable bonds is 10. The molecule has 0 radical (unpaired) electrons. The Bertz CT molecular complexity index is 821. The van der Waals surface area contributed by atoms with Gasteiger partial charge in [-0.1, -0.05) is 42.5 Å². The van der Waals surface area contributed by atoms with E-state index in [1.54, 1.807) is 29.2 Å². The second-order valence-corrected chi connectivity index (χ2v) is 8.14. The average molecular weight is 390 g/mol. The predicted octanol–water partition coefficient (Wildman–Crippen LogP) is 1.56. The lowest BCUT2D eigenvalue weighted by atomic mass is 10.1. The molecule has 0 atom stereocenters. The van der Waals surface area contributed by atoms with Gasteiger partial charge in [-0.25, -0.2) is 13.1 Å². The summed E-state index contributed by atoms with van der Waals surface area (Å²) in [4.78, 5) is 14.6. The van der Waals surface area contributed by atoms with Crippen LogP contribution in [0.5, 0.6) is 0 Å². The Labute approximate surface area is 161 Å². The third kappa shape index (κ3) is 6.46. The number of carbonyl (C=O) groups is 1. The van der Waals surface area contributed by atoms with Crippen molar-refractivity contribution in [3.8, 4) is 0 Å². The van der Waals surface area contributed by atoms with Crippen molar-refractivity contribution >= 4 is 15.9 Å². The van der Waals surface area contributed by atoms with Crippen molar-refractivity contribution in [2.24, 2.45) is 5.73 Å². The van der Waals surface area contributed by atoms with E-state index in [0.29, 0.717) is 32.5 Å². The van der Waals surface area contributed by atoms with Gasteiger partial charge in [0.25, 0.3) is 0 Å². The molecule has 6 nitrogen and oxygen atoms in total. The van der Waals surface area contributed by atoms with Crippen LogP contribution in [-0.4, -0.2) is 45.9 Å². The number of nitrogens with one attached hydrogen (secondary N) is 1. The van der Waals surface area contributed by atoms with E-state index >= 15 is 0 Å². The molecule has 2 rings (SSSR count). The molecule has 0 aliphatic rings. The summed E-state index contributed by atoms with van der Waals surface area (Å²) in [6, 6.07) is 16.6. The van der Waals surface area contributed by atoms with Crippen LogP contribution in [0.1, 0.15) is 17.5 Å². The maximum Gasteiger partial charge on any atom is 0.240 e. The quantitative estimate of drug-likeness (QED) is 0.645. The van der Waals surface area contributed by atoms with Crippen LogP contribution < -0.4 is 10.5 Å². The van der Waals surface area contributed by atoms with Gasteiger partial charge < -0.3 is 10.6 Å². The average Bonchev–Trinajstić information content (AvgIpc) is 2.70. The Morgan fingerprint density at radius 3 is 2.19 bits per heavy atom.